The Bertz CT molecular complexity index is 675. The number of ether oxygens (including phenoxy) is 1. The predicted octanol–water partition coefficient (Wildman–Crippen LogP) is 3.36. The molecule has 0 atom stereocenters. The molecule has 0 saturated carbocycles. The predicted molar refractivity (Wildman–Crippen MR) is 78.8 cm³/mol. The van der Waals surface area contributed by atoms with Gasteiger partial charge in [0, 0.05) is 24.1 Å². The number of hydrogen-bond donors (Lipinski definition) is 1. The lowest BCUT2D eigenvalue weighted by molar-refractivity contribution is -0.121. The number of nitrogens with one attached hydrogen (secondary N) is 1. The fourth-order valence-corrected chi connectivity index (χ4v) is 1.52. The summed E-state index contributed by atoms with van der Waals surface area (Å²) < 4.78 is 5.66. The van der Waals surface area contributed by atoms with Crippen molar-refractivity contribution in [1.82, 2.24) is 4.98 Å². The van der Waals surface area contributed by atoms with Gasteiger partial charge < -0.3 is 10.1 Å². The van der Waals surface area contributed by atoms with Crippen molar-refractivity contribution in [2.24, 2.45) is 5.41 Å². The Morgan fingerprint density at radius 2 is 1.95 bits per heavy atom. The van der Waals surface area contributed by atoms with Crippen LogP contribution >= 0.6 is 0 Å². The van der Waals surface area contributed by atoms with E-state index in [9.17, 15) is 4.79 Å². The topological polar surface area (TPSA) is 75.0 Å². The normalized spacial score (nSPS) is 10.5. The lowest BCUT2D eigenvalue weighted by Gasteiger charge is -2.15. The second-order valence-electron chi connectivity index (χ2n) is 5.00. The number of anilines is 1. The fraction of sp³-hybridized carbons (Fsp3) is 0.188. The summed E-state index contributed by atoms with van der Waals surface area (Å²) in [6.45, 7) is 3.14. The Balaban J connectivity index is 2.12. The van der Waals surface area contributed by atoms with E-state index >= 15 is 0 Å². The summed E-state index contributed by atoms with van der Waals surface area (Å²) >= 11 is 0. The van der Waals surface area contributed by atoms with Crippen molar-refractivity contribution in [1.29, 1.82) is 5.26 Å². The quantitative estimate of drug-likeness (QED) is 0.932. The zero-order valence-corrected chi connectivity index (χ0v) is 11.8. The average Bonchev–Trinajstić information content (AvgIpc) is 2.48. The molecular formula is C16H15N3O2. The minimum absolute atomic E-state index is 0.355. The van der Waals surface area contributed by atoms with Crippen LogP contribution in [0.4, 0.5) is 5.69 Å². The summed E-state index contributed by atoms with van der Waals surface area (Å²) in [5.74, 6) is 0.894. The molecule has 0 fully saturated rings. The van der Waals surface area contributed by atoms with Crippen molar-refractivity contribution in [2.75, 3.05) is 5.32 Å². The minimum Gasteiger partial charge on any atom is -0.457 e. The summed E-state index contributed by atoms with van der Waals surface area (Å²) in [6.07, 6.45) is 3.27. The van der Waals surface area contributed by atoms with Crippen LogP contribution in [0.3, 0.4) is 0 Å². The SMILES string of the molecule is CC(C)(C#N)C(=O)Nc1cccc(Oc2ccncc2)c1. The minimum atomic E-state index is -1.08. The Morgan fingerprint density at radius 1 is 1.24 bits per heavy atom. The summed E-state index contributed by atoms with van der Waals surface area (Å²) in [5.41, 5.74) is -0.503. The Hall–Kier alpha value is -2.87. The number of nitrogens with zero attached hydrogens (tertiary/aromatic N) is 2. The Morgan fingerprint density at radius 3 is 2.62 bits per heavy atom. The van der Waals surface area contributed by atoms with Crippen molar-refractivity contribution in [3.8, 4) is 17.6 Å². The van der Waals surface area contributed by atoms with E-state index in [-0.39, 0.29) is 5.91 Å². The molecular weight excluding hydrogens is 266 g/mol. The van der Waals surface area contributed by atoms with Crippen molar-refractivity contribution in [3.63, 3.8) is 0 Å². The van der Waals surface area contributed by atoms with Crippen LogP contribution in [0.1, 0.15) is 13.8 Å². The average molecular weight is 281 g/mol. The maximum Gasteiger partial charge on any atom is 0.244 e. The molecule has 2 rings (SSSR count). The third kappa shape index (κ3) is 3.80. The number of aromatic nitrogens is 1. The molecule has 5 heteroatoms. The number of hydrogen-bond acceptors (Lipinski definition) is 4. The maximum atomic E-state index is 12.0. The van der Waals surface area contributed by atoms with Crippen LogP contribution in [0.25, 0.3) is 0 Å². The number of carbonyl (C=O) groups excluding carboxylic acids is 1. The molecule has 1 aromatic heterocycles. The number of rotatable bonds is 4. The monoisotopic (exact) mass is 281 g/mol. The third-order valence-corrected chi connectivity index (χ3v) is 2.82. The molecule has 2 aromatic rings. The number of pyridine rings is 1. The third-order valence-electron chi connectivity index (χ3n) is 2.82. The van der Waals surface area contributed by atoms with Crippen LogP contribution in [0.15, 0.2) is 48.8 Å². The van der Waals surface area contributed by atoms with Gasteiger partial charge in [-0.05, 0) is 38.1 Å². The summed E-state index contributed by atoms with van der Waals surface area (Å²) in [4.78, 5) is 15.9. The van der Waals surface area contributed by atoms with Gasteiger partial charge in [-0.15, -0.1) is 0 Å². The van der Waals surface area contributed by atoms with Gasteiger partial charge in [0.25, 0.3) is 0 Å². The highest BCUT2D eigenvalue weighted by Gasteiger charge is 2.27. The Kier molecular flexibility index (Phi) is 4.19. The summed E-state index contributed by atoms with van der Waals surface area (Å²) in [7, 11) is 0. The molecule has 0 aliphatic carbocycles. The fourth-order valence-electron chi connectivity index (χ4n) is 1.52. The van der Waals surface area contributed by atoms with Crippen molar-refractivity contribution in [3.05, 3.63) is 48.8 Å². The van der Waals surface area contributed by atoms with Crippen LogP contribution in [0, 0.1) is 16.7 Å². The van der Waals surface area contributed by atoms with Gasteiger partial charge >= 0.3 is 0 Å². The molecule has 0 saturated heterocycles. The van der Waals surface area contributed by atoms with E-state index in [2.05, 4.69) is 10.3 Å². The second-order valence-corrected chi connectivity index (χ2v) is 5.00. The highest BCUT2D eigenvalue weighted by molar-refractivity contribution is 5.96. The highest BCUT2D eigenvalue weighted by Crippen LogP contribution is 2.24. The van der Waals surface area contributed by atoms with Crippen molar-refractivity contribution in [2.45, 2.75) is 13.8 Å². The largest absolute Gasteiger partial charge is 0.457 e. The van der Waals surface area contributed by atoms with Crippen LogP contribution in [-0.2, 0) is 4.79 Å². The standard InChI is InChI=1S/C16H15N3O2/c1-16(2,11-17)15(20)19-12-4-3-5-14(10-12)21-13-6-8-18-9-7-13/h3-10H,1-2H3,(H,19,20). The van der Waals surface area contributed by atoms with Crippen LogP contribution in [0.5, 0.6) is 11.5 Å². The number of nitriles is 1. The molecule has 1 heterocycles. The lowest BCUT2D eigenvalue weighted by atomic mass is 9.94. The van der Waals surface area contributed by atoms with Gasteiger partial charge in [0.05, 0.1) is 6.07 Å². The molecule has 1 N–H and O–H groups in total. The molecule has 1 amide bonds. The van der Waals surface area contributed by atoms with Gasteiger partial charge in [0.1, 0.15) is 16.9 Å². The van der Waals surface area contributed by atoms with Crippen LogP contribution < -0.4 is 10.1 Å². The van der Waals surface area contributed by atoms with E-state index in [1.165, 1.54) is 0 Å². The number of benzene rings is 1. The molecule has 0 radical (unpaired) electrons. The van der Waals surface area contributed by atoms with E-state index < -0.39 is 5.41 Å². The molecule has 0 spiro atoms. The van der Waals surface area contributed by atoms with Crippen molar-refractivity contribution >= 4 is 11.6 Å². The molecule has 0 bridgehead atoms. The van der Waals surface area contributed by atoms with Gasteiger partial charge in [0.2, 0.25) is 5.91 Å². The van der Waals surface area contributed by atoms with E-state index in [4.69, 9.17) is 10.00 Å². The van der Waals surface area contributed by atoms with Crippen LogP contribution in [-0.4, -0.2) is 10.9 Å². The van der Waals surface area contributed by atoms with Gasteiger partial charge in [0.15, 0.2) is 0 Å². The molecule has 0 aliphatic heterocycles. The lowest BCUT2D eigenvalue weighted by Crippen LogP contribution is -2.29. The first-order chi connectivity index (χ1) is 10.0. The Labute approximate surface area is 123 Å². The highest BCUT2D eigenvalue weighted by atomic mass is 16.5. The molecule has 1 aromatic carbocycles. The molecule has 0 unspecified atom stereocenters. The summed E-state index contributed by atoms with van der Waals surface area (Å²) in [6, 6.07) is 12.4. The van der Waals surface area contributed by atoms with E-state index in [1.54, 1.807) is 62.6 Å². The van der Waals surface area contributed by atoms with E-state index in [1.807, 2.05) is 6.07 Å². The smallest absolute Gasteiger partial charge is 0.244 e. The molecule has 106 valence electrons. The zero-order chi connectivity index (χ0) is 15.3. The summed E-state index contributed by atoms with van der Waals surface area (Å²) in [5, 5.41) is 11.7. The second kappa shape index (κ2) is 6.06. The van der Waals surface area contributed by atoms with Gasteiger partial charge in [-0.1, -0.05) is 6.07 Å². The van der Waals surface area contributed by atoms with Gasteiger partial charge in [-0.25, -0.2) is 0 Å². The van der Waals surface area contributed by atoms with E-state index in [0.29, 0.717) is 17.2 Å². The zero-order valence-electron chi connectivity index (χ0n) is 11.8. The molecule has 5 nitrogen and oxygen atoms in total. The first kappa shape index (κ1) is 14.5. The number of carbonyl (C=O) groups is 1. The number of amides is 1. The maximum absolute atomic E-state index is 12.0. The van der Waals surface area contributed by atoms with Gasteiger partial charge in [-0.2, -0.15) is 5.26 Å². The molecule has 0 aliphatic rings. The first-order valence-electron chi connectivity index (χ1n) is 6.42. The van der Waals surface area contributed by atoms with E-state index in [0.717, 1.165) is 0 Å². The van der Waals surface area contributed by atoms with Crippen LogP contribution in [0.2, 0.25) is 0 Å². The molecule has 21 heavy (non-hydrogen) atoms. The van der Waals surface area contributed by atoms with Crippen molar-refractivity contribution < 1.29 is 9.53 Å². The first-order valence-corrected chi connectivity index (χ1v) is 6.42. The van der Waals surface area contributed by atoms with Gasteiger partial charge in [-0.3, -0.25) is 9.78 Å².